The number of imidazole rings is 1. The number of alkyl halides is 1. The number of carbonyl (C=O) groups is 1. The minimum atomic E-state index is -3.32. The molecule has 15 heteroatoms. The number of nitrogens with two attached hydrogens (primary N) is 1. The Balaban J connectivity index is 1.64. The predicted molar refractivity (Wildman–Crippen MR) is 130 cm³/mol. The minimum absolute atomic E-state index is 0.0231. The Bertz CT molecular complexity index is 1240. The second kappa shape index (κ2) is 9.24. The molecular weight excluding hydrogens is 500 g/mol. The van der Waals surface area contributed by atoms with E-state index in [9.17, 15) is 4.79 Å². The van der Waals surface area contributed by atoms with Crippen molar-refractivity contribution in [3.8, 4) is 12.3 Å². The van der Waals surface area contributed by atoms with Crippen LogP contribution in [0.1, 0.15) is 27.0 Å². The Morgan fingerprint density at radius 1 is 1.49 bits per heavy atom. The molecule has 0 aliphatic carbocycles. The first-order chi connectivity index (χ1) is 16.4. The second-order valence-corrected chi connectivity index (χ2v) is 11.9. The van der Waals surface area contributed by atoms with Crippen molar-refractivity contribution in [1.29, 1.82) is 0 Å². The summed E-state index contributed by atoms with van der Waals surface area (Å²) in [5.74, 6) is 2.07. The molecule has 2 aromatic rings. The molecule has 0 bridgehead atoms. The zero-order valence-corrected chi connectivity index (χ0v) is 21.5. The maximum absolute atomic E-state index is 16.5. The van der Waals surface area contributed by atoms with Crippen molar-refractivity contribution < 1.29 is 27.7 Å². The van der Waals surface area contributed by atoms with Gasteiger partial charge in [-0.15, -0.1) is 6.42 Å². The lowest BCUT2D eigenvalue weighted by Gasteiger charge is -2.37. The lowest BCUT2D eigenvalue weighted by Crippen LogP contribution is -2.48. The summed E-state index contributed by atoms with van der Waals surface area (Å²) in [6, 6.07) is -0.848. The van der Waals surface area contributed by atoms with E-state index in [1.54, 1.807) is 39.8 Å². The summed E-state index contributed by atoms with van der Waals surface area (Å²) in [4.78, 5) is 26.7. The Morgan fingerprint density at radius 3 is 2.83 bits per heavy atom. The second-order valence-electron chi connectivity index (χ2n) is 8.72. The molecule has 0 spiro atoms. The molecule has 2 aliphatic heterocycles. The molecule has 0 amide bonds. The van der Waals surface area contributed by atoms with Gasteiger partial charge in [0.1, 0.15) is 18.2 Å². The lowest BCUT2D eigenvalue weighted by molar-refractivity contribution is -0.149. The van der Waals surface area contributed by atoms with Crippen LogP contribution in [0.5, 0.6) is 0 Å². The number of anilines is 2. The first-order valence-corrected chi connectivity index (χ1v) is 13.4. The van der Waals surface area contributed by atoms with Crippen LogP contribution >= 0.6 is 6.64 Å². The number of carbonyl (C=O) groups excluding carboxylic acids is 1. The molecule has 6 atom stereocenters. The molecule has 1 unspecified atom stereocenters. The maximum Gasteiger partial charge on any atom is 0.323 e. The van der Waals surface area contributed by atoms with Gasteiger partial charge in [0.15, 0.2) is 23.2 Å². The number of esters is 1. The number of rotatable bonds is 6. The normalized spacial score (nSPS) is 31.2. The van der Waals surface area contributed by atoms with Crippen molar-refractivity contribution >= 4 is 47.3 Å². The monoisotopic (exact) mass is 527 g/mol. The molecule has 190 valence electrons. The number of hydrogen-bond donors (Lipinski definition) is 2. The van der Waals surface area contributed by atoms with Gasteiger partial charge in [-0.1, -0.05) is 5.92 Å². The molecule has 2 saturated heterocycles. The molecule has 2 aromatic heterocycles. The van der Waals surface area contributed by atoms with Crippen LogP contribution in [0.15, 0.2) is 6.33 Å². The van der Waals surface area contributed by atoms with Crippen LogP contribution in [0.2, 0.25) is 0 Å². The highest BCUT2D eigenvalue weighted by Crippen LogP contribution is 2.57. The van der Waals surface area contributed by atoms with Crippen LogP contribution < -0.4 is 15.7 Å². The Kier molecular flexibility index (Phi) is 6.78. The summed E-state index contributed by atoms with van der Waals surface area (Å²) >= 11 is 5.51. The van der Waals surface area contributed by atoms with Crippen molar-refractivity contribution in [1.82, 2.24) is 24.6 Å². The van der Waals surface area contributed by atoms with E-state index in [4.69, 9.17) is 42.5 Å². The Morgan fingerprint density at radius 2 is 2.20 bits per heavy atom. The molecule has 4 heterocycles. The van der Waals surface area contributed by atoms with Crippen LogP contribution in [0.4, 0.5) is 16.2 Å². The van der Waals surface area contributed by atoms with E-state index < -0.39 is 42.8 Å². The Labute approximate surface area is 206 Å². The molecule has 0 aromatic carbocycles. The highest BCUT2D eigenvalue weighted by molar-refractivity contribution is 8.09. The smallest absolute Gasteiger partial charge is 0.323 e. The van der Waals surface area contributed by atoms with E-state index in [0.717, 1.165) is 0 Å². The summed E-state index contributed by atoms with van der Waals surface area (Å²) in [5.41, 5.74) is 4.05. The number of halogens is 1. The number of fused-ring (bicyclic) bond motifs is 2. The fourth-order valence-corrected chi connectivity index (χ4v) is 6.53. The third-order valence-electron chi connectivity index (χ3n) is 5.45. The van der Waals surface area contributed by atoms with Gasteiger partial charge < -0.3 is 29.2 Å². The van der Waals surface area contributed by atoms with Gasteiger partial charge >= 0.3 is 5.97 Å². The number of nitrogen functional groups attached to an aromatic ring is 1. The quantitative estimate of drug-likeness (QED) is 0.318. The van der Waals surface area contributed by atoms with Crippen LogP contribution in [-0.2, 0) is 35.1 Å². The van der Waals surface area contributed by atoms with Crippen LogP contribution in [0, 0.1) is 12.3 Å². The molecule has 0 saturated carbocycles. The number of aromatic nitrogens is 4. The van der Waals surface area contributed by atoms with Gasteiger partial charge in [-0.05, 0) is 32.6 Å². The summed E-state index contributed by atoms with van der Waals surface area (Å²) in [7, 11) is 3.54. The van der Waals surface area contributed by atoms with Crippen molar-refractivity contribution in [2.75, 3.05) is 31.3 Å². The number of ether oxygens (including phenoxy) is 2. The lowest BCUT2D eigenvalue weighted by atomic mass is 9.97. The van der Waals surface area contributed by atoms with E-state index in [-0.39, 0.29) is 24.3 Å². The van der Waals surface area contributed by atoms with Crippen LogP contribution in [-0.4, -0.2) is 76.2 Å². The summed E-state index contributed by atoms with van der Waals surface area (Å²) in [5, 5.41) is 2.84. The van der Waals surface area contributed by atoms with Crippen molar-refractivity contribution in [3.63, 3.8) is 0 Å². The number of terminal acetylenes is 1. The summed E-state index contributed by atoms with van der Waals surface area (Å²) in [6.07, 6.45) is 3.21. The van der Waals surface area contributed by atoms with Gasteiger partial charge in [0, 0.05) is 14.1 Å². The number of hydrogen-bond acceptors (Lipinski definition) is 11. The minimum Gasteiger partial charge on any atom is -0.462 e. The molecule has 12 nitrogen and oxygen atoms in total. The van der Waals surface area contributed by atoms with Gasteiger partial charge in [-0.3, -0.25) is 9.36 Å². The van der Waals surface area contributed by atoms with E-state index in [2.05, 4.69) is 26.0 Å². The third-order valence-corrected chi connectivity index (χ3v) is 8.04. The van der Waals surface area contributed by atoms with E-state index in [1.807, 2.05) is 0 Å². The molecule has 3 N–H and O–H groups in total. The fraction of sp³-hybridized carbons (Fsp3) is 0.600. The van der Waals surface area contributed by atoms with E-state index in [0.29, 0.717) is 11.3 Å². The van der Waals surface area contributed by atoms with Crippen molar-refractivity contribution in [2.24, 2.45) is 0 Å². The first kappa shape index (κ1) is 25.7. The van der Waals surface area contributed by atoms with Gasteiger partial charge in [-0.25, -0.2) is 14.5 Å². The standard InChI is InChI=1S/C20H27FN7O5PS/c1-7-20(21)14-12(8-30-34(35,33-14)26-11(4)17(29)31-10(2)3)32-18(20)28-9-23-13-15(27(5)6)24-19(22)25-16(13)28/h1,9-12,14,18H,8H2,2-6H3,(H,26,35)(H2,22,24,25)/t11-,12+,14+,18+,20+,34?/m0/s1. The van der Waals surface area contributed by atoms with Gasteiger partial charge in [0.25, 0.3) is 6.64 Å². The molecule has 4 rings (SSSR count). The van der Waals surface area contributed by atoms with Gasteiger partial charge in [-0.2, -0.15) is 9.97 Å². The predicted octanol–water partition coefficient (Wildman–Crippen LogP) is 1.28. The maximum atomic E-state index is 16.5. The van der Waals surface area contributed by atoms with E-state index >= 15 is 4.39 Å². The highest BCUT2D eigenvalue weighted by atomic mass is 32.5. The topological polar surface area (TPSA) is 139 Å². The molecule has 0 radical (unpaired) electrons. The molecular formula is C20H27FN7O5PS. The average molecular weight is 528 g/mol. The molecule has 2 aliphatic rings. The van der Waals surface area contributed by atoms with Gasteiger partial charge in [0.05, 0.1) is 19.0 Å². The number of nitrogens with one attached hydrogen (secondary N) is 1. The SMILES string of the molecule is C#C[C@@]1(F)[C@@H]2OP(=S)(N[C@@H](C)C(=O)OC(C)C)OC[C@H]2O[C@H]1n1cnc2c(N(C)C)nc(N)nc21. The summed E-state index contributed by atoms with van der Waals surface area (Å²) in [6.45, 7) is 1.58. The average Bonchev–Trinajstić information content (AvgIpc) is 3.31. The van der Waals surface area contributed by atoms with Crippen molar-refractivity contribution in [2.45, 2.75) is 57.0 Å². The first-order valence-electron chi connectivity index (χ1n) is 10.8. The van der Waals surface area contributed by atoms with Gasteiger partial charge in [0.2, 0.25) is 11.6 Å². The highest BCUT2D eigenvalue weighted by Gasteiger charge is 2.62. The zero-order valence-electron chi connectivity index (χ0n) is 19.8. The summed E-state index contributed by atoms with van der Waals surface area (Å²) < 4.78 is 40.6. The fourth-order valence-electron chi connectivity index (χ4n) is 3.88. The molecule has 35 heavy (non-hydrogen) atoms. The zero-order chi connectivity index (χ0) is 25.7. The van der Waals surface area contributed by atoms with E-state index in [1.165, 1.54) is 10.9 Å². The Hall–Kier alpha value is -2.40. The van der Waals surface area contributed by atoms with Crippen LogP contribution in [0.25, 0.3) is 11.2 Å². The van der Waals surface area contributed by atoms with Crippen LogP contribution in [0.3, 0.4) is 0 Å². The largest absolute Gasteiger partial charge is 0.462 e. The molecule has 2 fully saturated rings. The number of nitrogens with zero attached hydrogens (tertiary/aromatic N) is 5. The van der Waals surface area contributed by atoms with Crippen molar-refractivity contribution in [3.05, 3.63) is 6.33 Å². The third kappa shape index (κ3) is 4.60.